The zero-order valence-corrected chi connectivity index (χ0v) is 16.0. The Morgan fingerprint density at radius 2 is 2.07 bits per heavy atom. The number of rotatable bonds is 4. The van der Waals surface area contributed by atoms with E-state index in [1.807, 2.05) is 12.1 Å². The molecule has 0 atom stereocenters. The lowest BCUT2D eigenvalue weighted by Crippen LogP contribution is -2.37. The van der Waals surface area contributed by atoms with Crippen LogP contribution >= 0.6 is 0 Å². The van der Waals surface area contributed by atoms with Crippen LogP contribution in [0.25, 0.3) is 33.3 Å². The largest absolute Gasteiger partial charge is 0.495 e. The van der Waals surface area contributed by atoms with E-state index in [-0.39, 0.29) is 5.43 Å². The Hall–Kier alpha value is -3.16. The zero-order valence-electron chi connectivity index (χ0n) is 16.0. The number of fused-ring (bicyclic) bond motifs is 2. The second-order valence-electron chi connectivity index (χ2n) is 6.98. The second-order valence-corrected chi connectivity index (χ2v) is 6.98. The van der Waals surface area contributed by atoms with Gasteiger partial charge in [-0.15, -0.1) is 0 Å². The molecule has 4 heterocycles. The van der Waals surface area contributed by atoms with Crippen LogP contribution in [0.5, 0.6) is 5.75 Å². The van der Waals surface area contributed by atoms with Crippen molar-refractivity contribution in [2.24, 2.45) is 0 Å². The van der Waals surface area contributed by atoms with Gasteiger partial charge in [-0.05, 0) is 18.2 Å². The molecule has 7 heteroatoms. The highest BCUT2D eigenvalue weighted by atomic mass is 16.5. The summed E-state index contributed by atoms with van der Waals surface area (Å²) >= 11 is 0. The van der Waals surface area contributed by atoms with Crippen molar-refractivity contribution >= 4 is 21.9 Å². The van der Waals surface area contributed by atoms with Crippen LogP contribution in [0, 0.1) is 0 Å². The third-order valence-electron chi connectivity index (χ3n) is 5.28. The Balaban J connectivity index is 1.79. The molecule has 5 rings (SSSR count). The zero-order chi connectivity index (χ0) is 19.8. The van der Waals surface area contributed by atoms with Crippen molar-refractivity contribution in [3.05, 3.63) is 58.7 Å². The lowest BCUT2D eigenvalue weighted by atomic mass is 10.0. The minimum absolute atomic E-state index is 0.100. The van der Waals surface area contributed by atoms with Crippen LogP contribution in [-0.4, -0.2) is 43.3 Å². The summed E-state index contributed by atoms with van der Waals surface area (Å²) in [7, 11) is 1.55. The molecule has 29 heavy (non-hydrogen) atoms. The maximum Gasteiger partial charge on any atom is 0.201 e. The third-order valence-corrected chi connectivity index (χ3v) is 5.28. The number of hydrogen-bond acceptors (Lipinski definition) is 7. The first-order valence-electron chi connectivity index (χ1n) is 9.50. The quantitative estimate of drug-likeness (QED) is 0.526. The van der Waals surface area contributed by atoms with Crippen molar-refractivity contribution in [3.63, 3.8) is 0 Å². The second kappa shape index (κ2) is 7.35. The van der Waals surface area contributed by atoms with Gasteiger partial charge < -0.3 is 18.3 Å². The average molecular weight is 392 g/mol. The molecule has 1 aliphatic heterocycles. The first-order chi connectivity index (χ1) is 14.3. The van der Waals surface area contributed by atoms with Gasteiger partial charge in [0.1, 0.15) is 28.1 Å². The number of hydrogen-bond donors (Lipinski definition) is 0. The Morgan fingerprint density at radius 3 is 2.83 bits per heavy atom. The standard InChI is InChI=1S/C22H20N2O5/c1-26-22-15-4-8-28-17(15)11-18-19(22)20(25)16(13-24-6-9-27-10-7-24)21(29-18)14-3-2-5-23-12-14/h2-5,8,11-12H,6-7,9-10,13H2,1H3. The molecule has 3 aromatic heterocycles. The number of aromatic nitrogens is 1. The number of benzene rings is 1. The van der Waals surface area contributed by atoms with E-state index in [4.69, 9.17) is 18.3 Å². The molecule has 0 saturated carbocycles. The Bertz CT molecular complexity index is 1220. The van der Waals surface area contributed by atoms with Gasteiger partial charge in [0, 0.05) is 43.7 Å². The van der Waals surface area contributed by atoms with Gasteiger partial charge in [0.2, 0.25) is 5.43 Å². The molecule has 0 N–H and O–H groups in total. The predicted octanol–water partition coefficient (Wildman–Crippen LogP) is 3.44. The molecule has 0 bridgehead atoms. The summed E-state index contributed by atoms with van der Waals surface area (Å²) in [5, 5.41) is 1.18. The highest BCUT2D eigenvalue weighted by molar-refractivity contribution is 6.01. The van der Waals surface area contributed by atoms with E-state index in [0.29, 0.717) is 53.4 Å². The molecule has 1 aliphatic rings. The maximum absolute atomic E-state index is 13.7. The number of morpholine rings is 1. The fourth-order valence-corrected chi connectivity index (χ4v) is 3.85. The molecule has 1 saturated heterocycles. The molecule has 0 unspecified atom stereocenters. The number of pyridine rings is 1. The molecule has 0 spiro atoms. The lowest BCUT2D eigenvalue weighted by Gasteiger charge is -2.27. The summed E-state index contributed by atoms with van der Waals surface area (Å²) in [5.74, 6) is 0.996. The first kappa shape index (κ1) is 17.9. The van der Waals surface area contributed by atoms with Gasteiger partial charge >= 0.3 is 0 Å². The molecule has 1 aromatic carbocycles. The summed E-state index contributed by atoms with van der Waals surface area (Å²) in [4.78, 5) is 20.1. The summed E-state index contributed by atoms with van der Waals surface area (Å²) in [5.41, 5.74) is 2.29. The molecule has 0 radical (unpaired) electrons. The number of nitrogens with zero attached hydrogens (tertiary/aromatic N) is 2. The van der Waals surface area contributed by atoms with E-state index in [9.17, 15) is 4.79 Å². The van der Waals surface area contributed by atoms with Crippen LogP contribution in [0.4, 0.5) is 0 Å². The fourth-order valence-electron chi connectivity index (χ4n) is 3.85. The predicted molar refractivity (Wildman–Crippen MR) is 108 cm³/mol. The van der Waals surface area contributed by atoms with E-state index < -0.39 is 0 Å². The van der Waals surface area contributed by atoms with E-state index >= 15 is 0 Å². The summed E-state index contributed by atoms with van der Waals surface area (Å²) in [6.07, 6.45) is 4.97. The van der Waals surface area contributed by atoms with Crippen LogP contribution in [0.2, 0.25) is 0 Å². The van der Waals surface area contributed by atoms with E-state index in [1.54, 1.807) is 37.9 Å². The fraction of sp³-hybridized carbons (Fsp3) is 0.273. The number of furan rings is 1. The lowest BCUT2D eigenvalue weighted by molar-refractivity contribution is 0.0340. The van der Waals surface area contributed by atoms with Crippen molar-refractivity contribution < 1.29 is 18.3 Å². The molecule has 4 aromatic rings. The number of ether oxygens (including phenoxy) is 2. The Morgan fingerprint density at radius 1 is 1.21 bits per heavy atom. The van der Waals surface area contributed by atoms with Crippen molar-refractivity contribution in [1.82, 2.24) is 9.88 Å². The normalized spacial score (nSPS) is 15.2. The molecule has 0 amide bonds. The molecule has 0 aliphatic carbocycles. The third kappa shape index (κ3) is 3.08. The first-order valence-corrected chi connectivity index (χ1v) is 9.50. The minimum Gasteiger partial charge on any atom is -0.495 e. The van der Waals surface area contributed by atoms with Crippen LogP contribution in [0.1, 0.15) is 5.56 Å². The van der Waals surface area contributed by atoms with Gasteiger partial charge in [-0.25, -0.2) is 0 Å². The van der Waals surface area contributed by atoms with E-state index in [2.05, 4.69) is 9.88 Å². The highest BCUT2D eigenvalue weighted by Gasteiger charge is 2.24. The smallest absolute Gasteiger partial charge is 0.201 e. The van der Waals surface area contributed by atoms with Crippen LogP contribution in [0.15, 0.2) is 56.6 Å². The summed E-state index contributed by atoms with van der Waals surface area (Å²) in [6, 6.07) is 7.26. The van der Waals surface area contributed by atoms with Crippen molar-refractivity contribution in [1.29, 1.82) is 0 Å². The van der Waals surface area contributed by atoms with Crippen LogP contribution in [0.3, 0.4) is 0 Å². The topological polar surface area (TPSA) is 77.9 Å². The van der Waals surface area contributed by atoms with Crippen molar-refractivity contribution in [3.8, 4) is 17.1 Å². The van der Waals surface area contributed by atoms with Crippen molar-refractivity contribution in [2.75, 3.05) is 33.4 Å². The van der Waals surface area contributed by atoms with Crippen molar-refractivity contribution in [2.45, 2.75) is 6.54 Å². The molecule has 7 nitrogen and oxygen atoms in total. The van der Waals surface area contributed by atoms with Gasteiger partial charge in [0.25, 0.3) is 0 Å². The van der Waals surface area contributed by atoms with Gasteiger partial charge in [0.05, 0.1) is 37.5 Å². The molecule has 148 valence electrons. The van der Waals surface area contributed by atoms with Gasteiger partial charge in [-0.3, -0.25) is 14.7 Å². The van der Waals surface area contributed by atoms with Gasteiger partial charge in [-0.2, -0.15) is 0 Å². The highest BCUT2D eigenvalue weighted by Crippen LogP contribution is 2.36. The molecular formula is C22H20N2O5. The van der Waals surface area contributed by atoms with Gasteiger partial charge in [-0.1, -0.05) is 0 Å². The van der Waals surface area contributed by atoms with Crippen LogP contribution < -0.4 is 10.2 Å². The maximum atomic E-state index is 13.7. The monoisotopic (exact) mass is 392 g/mol. The van der Waals surface area contributed by atoms with Gasteiger partial charge in [0.15, 0.2) is 0 Å². The minimum atomic E-state index is -0.100. The molecule has 1 fully saturated rings. The van der Waals surface area contributed by atoms with E-state index in [1.165, 1.54) is 0 Å². The number of methoxy groups -OCH3 is 1. The van der Waals surface area contributed by atoms with E-state index in [0.717, 1.165) is 24.0 Å². The average Bonchev–Trinajstić information content (AvgIpc) is 3.23. The Labute approximate surface area is 166 Å². The Kier molecular flexibility index (Phi) is 4.54. The SMILES string of the molecule is COc1c2ccoc2cc2oc(-c3cccnc3)c(CN3CCOCC3)c(=O)c12. The summed E-state index contributed by atoms with van der Waals surface area (Å²) in [6.45, 7) is 3.31. The summed E-state index contributed by atoms with van der Waals surface area (Å²) < 4.78 is 22.9. The van der Waals surface area contributed by atoms with Crippen LogP contribution in [-0.2, 0) is 11.3 Å². The molecular weight excluding hydrogens is 372 g/mol.